The summed E-state index contributed by atoms with van der Waals surface area (Å²) in [5.74, 6) is 0.252. The molecule has 0 spiro atoms. The van der Waals surface area contributed by atoms with Gasteiger partial charge in [-0.3, -0.25) is 25.0 Å². The van der Waals surface area contributed by atoms with Crippen LogP contribution in [0.4, 0.5) is 5.95 Å². The number of aryl methyl sites for hydroxylation is 2. The van der Waals surface area contributed by atoms with E-state index in [9.17, 15) is 9.59 Å². The van der Waals surface area contributed by atoms with E-state index in [-0.39, 0.29) is 30.5 Å². The van der Waals surface area contributed by atoms with Crippen LogP contribution >= 0.6 is 0 Å². The zero-order valence-electron chi connectivity index (χ0n) is 14.6. The fourth-order valence-electron chi connectivity index (χ4n) is 2.41. The van der Waals surface area contributed by atoms with Gasteiger partial charge in [0, 0.05) is 24.6 Å². The summed E-state index contributed by atoms with van der Waals surface area (Å²) >= 11 is 0. The molecule has 0 fully saturated rings. The van der Waals surface area contributed by atoms with Gasteiger partial charge in [-0.2, -0.15) is 4.98 Å². The number of carbonyl (C=O) groups excluding carboxylic acids is 2. The van der Waals surface area contributed by atoms with E-state index in [4.69, 9.17) is 0 Å². The van der Waals surface area contributed by atoms with Crippen molar-refractivity contribution in [2.24, 2.45) is 0 Å². The summed E-state index contributed by atoms with van der Waals surface area (Å²) in [4.78, 5) is 32.6. The van der Waals surface area contributed by atoms with Gasteiger partial charge in [0.25, 0.3) is 0 Å². The molecule has 0 saturated heterocycles. The molecule has 1 amide bonds. The first kappa shape index (κ1) is 17.5. The molecule has 0 aliphatic carbocycles. The lowest BCUT2D eigenvalue weighted by Crippen LogP contribution is -2.14. The van der Waals surface area contributed by atoms with Crippen LogP contribution in [-0.4, -0.2) is 31.9 Å². The number of H-pyrrole nitrogens is 1. The van der Waals surface area contributed by atoms with Crippen molar-refractivity contribution >= 4 is 17.6 Å². The topological polar surface area (TPSA) is 101 Å². The fourth-order valence-corrected chi connectivity index (χ4v) is 2.41. The predicted molar refractivity (Wildman–Crippen MR) is 97.7 cm³/mol. The van der Waals surface area contributed by atoms with Crippen LogP contribution in [0.1, 0.15) is 34.3 Å². The van der Waals surface area contributed by atoms with Crippen molar-refractivity contribution in [2.75, 3.05) is 5.32 Å². The molecule has 3 rings (SSSR count). The number of benzene rings is 1. The average molecular weight is 349 g/mol. The van der Waals surface area contributed by atoms with E-state index < -0.39 is 0 Å². The number of aromatic nitrogens is 4. The first-order valence-corrected chi connectivity index (χ1v) is 8.27. The summed E-state index contributed by atoms with van der Waals surface area (Å²) in [6.07, 6.45) is 1.85. The molecule has 0 atom stereocenters. The van der Waals surface area contributed by atoms with E-state index in [1.807, 2.05) is 32.0 Å². The third-order valence-electron chi connectivity index (χ3n) is 4.05. The van der Waals surface area contributed by atoms with Crippen LogP contribution in [0.25, 0.3) is 11.5 Å². The molecule has 1 aromatic carbocycles. The van der Waals surface area contributed by atoms with Gasteiger partial charge in [-0.05, 0) is 43.2 Å². The van der Waals surface area contributed by atoms with Crippen molar-refractivity contribution in [1.29, 1.82) is 0 Å². The summed E-state index contributed by atoms with van der Waals surface area (Å²) in [6, 6.07) is 11.0. The molecule has 26 heavy (non-hydrogen) atoms. The molecule has 132 valence electrons. The molecule has 3 aromatic rings. The number of rotatable bonds is 6. The van der Waals surface area contributed by atoms with Crippen molar-refractivity contribution in [2.45, 2.75) is 26.7 Å². The second kappa shape index (κ2) is 7.69. The number of Topliss-reactive ketones (excluding diaryl/α,β-unsaturated/α-hetero) is 1. The number of hydrogen-bond donors (Lipinski definition) is 2. The summed E-state index contributed by atoms with van der Waals surface area (Å²) in [7, 11) is 0. The number of aromatic amines is 1. The summed E-state index contributed by atoms with van der Waals surface area (Å²) in [5.41, 5.74) is 3.44. The zero-order chi connectivity index (χ0) is 18.5. The van der Waals surface area contributed by atoms with Gasteiger partial charge in [-0.1, -0.05) is 18.2 Å². The van der Waals surface area contributed by atoms with Gasteiger partial charge < -0.3 is 0 Å². The van der Waals surface area contributed by atoms with Gasteiger partial charge in [-0.25, -0.2) is 0 Å². The van der Waals surface area contributed by atoms with E-state index in [2.05, 4.69) is 25.5 Å². The Morgan fingerprint density at radius 2 is 1.92 bits per heavy atom. The summed E-state index contributed by atoms with van der Waals surface area (Å²) in [5, 5.41) is 9.26. The molecule has 2 heterocycles. The lowest BCUT2D eigenvalue weighted by Gasteiger charge is -2.04. The van der Waals surface area contributed by atoms with Crippen molar-refractivity contribution in [3.8, 4) is 11.5 Å². The van der Waals surface area contributed by atoms with Gasteiger partial charge in [0.2, 0.25) is 11.9 Å². The Labute approximate surface area is 150 Å². The fraction of sp³-hybridized carbons (Fsp3) is 0.211. The minimum atomic E-state index is -0.311. The van der Waals surface area contributed by atoms with Crippen LogP contribution in [-0.2, 0) is 4.79 Å². The number of nitrogens with one attached hydrogen (secondary N) is 2. The number of carbonyl (C=O) groups is 2. The molecular formula is C19H19N5O2. The maximum absolute atomic E-state index is 12.2. The number of ketones is 1. The van der Waals surface area contributed by atoms with Gasteiger partial charge in [0.05, 0.1) is 0 Å². The smallest absolute Gasteiger partial charge is 0.249 e. The summed E-state index contributed by atoms with van der Waals surface area (Å²) in [6.45, 7) is 3.95. The minimum absolute atomic E-state index is 0.0626. The van der Waals surface area contributed by atoms with Crippen molar-refractivity contribution in [3.05, 3.63) is 59.3 Å². The maximum Gasteiger partial charge on any atom is 0.249 e. The van der Waals surface area contributed by atoms with Gasteiger partial charge in [0.1, 0.15) is 5.69 Å². The Morgan fingerprint density at radius 3 is 2.65 bits per heavy atom. The van der Waals surface area contributed by atoms with E-state index in [0.29, 0.717) is 17.1 Å². The Bertz CT molecular complexity index is 934. The Hall–Kier alpha value is -3.35. The Balaban J connectivity index is 1.55. The van der Waals surface area contributed by atoms with Gasteiger partial charge >= 0.3 is 0 Å². The molecular weight excluding hydrogens is 330 g/mol. The second-order valence-corrected chi connectivity index (χ2v) is 5.99. The normalized spacial score (nSPS) is 10.5. The first-order valence-electron chi connectivity index (χ1n) is 8.27. The predicted octanol–water partition coefficient (Wildman–Crippen LogP) is 3.09. The molecule has 7 heteroatoms. The molecule has 7 nitrogen and oxygen atoms in total. The van der Waals surface area contributed by atoms with Crippen molar-refractivity contribution < 1.29 is 9.59 Å². The molecule has 0 saturated carbocycles. The largest absolute Gasteiger partial charge is 0.294 e. The van der Waals surface area contributed by atoms with Crippen LogP contribution in [0.2, 0.25) is 0 Å². The standard InChI is InChI=1S/C19H19N5O2/c1-12-6-7-14(11-13(12)2)16(25)8-9-17(26)21-19-22-18(23-24-19)15-5-3-4-10-20-15/h3-7,10-11H,8-9H2,1-2H3,(H2,21,22,23,24,26). The van der Waals surface area contributed by atoms with Gasteiger partial charge in [-0.15, -0.1) is 5.10 Å². The highest BCUT2D eigenvalue weighted by molar-refractivity contribution is 5.99. The molecule has 0 aliphatic rings. The summed E-state index contributed by atoms with van der Waals surface area (Å²) < 4.78 is 0. The Kier molecular flexibility index (Phi) is 5.17. The molecule has 0 bridgehead atoms. The number of anilines is 1. The minimum Gasteiger partial charge on any atom is -0.294 e. The van der Waals surface area contributed by atoms with E-state index in [0.717, 1.165) is 11.1 Å². The molecule has 0 unspecified atom stereocenters. The van der Waals surface area contributed by atoms with Crippen LogP contribution in [0, 0.1) is 13.8 Å². The first-order chi connectivity index (χ1) is 12.5. The molecule has 0 radical (unpaired) electrons. The van der Waals surface area contributed by atoms with Crippen LogP contribution in [0.5, 0.6) is 0 Å². The Morgan fingerprint density at radius 1 is 1.08 bits per heavy atom. The third kappa shape index (κ3) is 4.18. The van der Waals surface area contributed by atoms with Crippen molar-refractivity contribution in [1.82, 2.24) is 20.2 Å². The van der Waals surface area contributed by atoms with E-state index >= 15 is 0 Å². The lowest BCUT2D eigenvalue weighted by atomic mass is 10.0. The SMILES string of the molecule is Cc1ccc(C(=O)CCC(=O)Nc2n[nH]c(-c3ccccn3)n2)cc1C. The van der Waals surface area contributed by atoms with E-state index in [1.165, 1.54) is 0 Å². The quantitative estimate of drug-likeness (QED) is 0.666. The zero-order valence-corrected chi connectivity index (χ0v) is 14.6. The number of pyridine rings is 1. The van der Waals surface area contributed by atoms with E-state index in [1.54, 1.807) is 24.4 Å². The van der Waals surface area contributed by atoms with Crippen molar-refractivity contribution in [3.63, 3.8) is 0 Å². The highest BCUT2D eigenvalue weighted by Gasteiger charge is 2.13. The third-order valence-corrected chi connectivity index (χ3v) is 4.05. The number of amides is 1. The lowest BCUT2D eigenvalue weighted by molar-refractivity contribution is -0.116. The van der Waals surface area contributed by atoms with Crippen LogP contribution in [0.15, 0.2) is 42.6 Å². The molecule has 0 aliphatic heterocycles. The highest BCUT2D eigenvalue weighted by Crippen LogP contribution is 2.14. The van der Waals surface area contributed by atoms with Crippen LogP contribution < -0.4 is 5.32 Å². The van der Waals surface area contributed by atoms with Crippen LogP contribution in [0.3, 0.4) is 0 Å². The molecule has 2 N–H and O–H groups in total. The van der Waals surface area contributed by atoms with Gasteiger partial charge in [0.15, 0.2) is 11.6 Å². The molecule has 2 aromatic heterocycles. The monoisotopic (exact) mass is 349 g/mol. The average Bonchev–Trinajstić information content (AvgIpc) is 3.11. The number of hydrogen-bond acceptors (Lipinski definition) is 5. The maximum atomic E-state index is 12.2. The highest BCUT2D eigenvalue weighted by atomic mass is 16.2. The second-order valence-electron chi connectivity index (χ2n) is 5.99. The number of nitrogens with zero attached hydrogens (tertiary/aromatic N) is 3.